The van der Waals surface area contributed by atoms with Gasteiger partial charge in [-0.05, 0) is 43.2 Å². The van der Waals surface area contributed by atoms with E-state index in [2.05, 4.69) is 9.97 Å². The van der Waals surface area contributed by atoms with E-state index in [1.807, 2.05) is 19.1 Å². The Morgan fingerprint density at radius 1 is 1.32 bits per heavy atom. The second kappa shape index (κ2) is 5.84. The smallest absolute Gasteiger partial charge is 0.338 e. The van der Waals surface area contributed by atoms with Crippen LogP contribution in [0.4, 0.5) is 0 Å². The molecule has 98 valence electrons. The Kier molecular flexibility index (Phi) is 4.16. The average molecular weight is 274 g/mol. The first-order valence-corrected chi connectivity index (χ1v) is 6.79. The Labute approximate surface area is 115 Å². The third kappa shape index (κ3) is 3.32. The van der Waals surface area contributed by atoms with E-state index in [9.17, 15) is 9.90 Å². The van der Waals surface area contributed by atoms with Crippen LogP contribution in [0.15, 0.2) is 35.6 Å². The first-order valence-electron chi connectivity index (χ1n) is 5.81. The highest BCUT2D eigenvalue weighted by Gasteiger charge is 2.16. The number of nitrogens with zero attached hydrogens (tertiary/aromatic N) is 2. The molecule has 0 aliphatic heterocycles. The molecule has 0 bridgehead atoms. The number of pyridine rings is 2. The van der Waals surface area contributed by atoms with Crippen molar-refractivity contribution in [2.24, 2.45) is 0 Å². The average Bonchev–Trinajstić information content (AvgIpc) is 2.36. The van der Waals surface area contributed by atoms with Gasteiger partial charge < -0.3 is 5.11 Å². The molecule has 0 saturated heterocycles. The molecular formula is C14H14N2O2S. The molecule has 5 heteroatoms. The fraction of sp³-hybridized carbons (Fsp3) is 0.214. The van der Waals surface area contributed by atoms with Crippen LogP contribution < -0.4 is 0 Å². The third-order valence-electron chi connectivity index (χ3n) is 2.65. The number of aromatic carboxylic acids is 1. The van der Waals surface area contributed by atoms with Crippen LogP contribution in [0.2, 0.25) is 0 Å². The highest BCUT2D eigenvalue weighted by molar-refractivity contribution is 7.98. The third-order valence-corrected chi connectivity index (χ3v) is 3.70. The van der Waals surface area contributed by atoms with Gasteiger partial charge in [0.05, 0.1) is 5.56 Å². The predicted molar refractivity (Wildman–Crippen MR) is 74.5 cm³/mol. The molecule has 0 radical (unpaired) electrons. The van der Waals surface area contributed by atoms with Crippen molar-refractivity contribution in [1.82, 2.24) is 9.97 Å². The number of carboxylic acids is 1. The van der Waals surface area contributed by atoms with E-state index >= 15 is 0 Å². The van der Waals surface area contributed by atoms with Gasteiger partial charge in [-0.3, -0.25) is 4.98 Å². The van der Waals surface area contributed by atoms with Gasteiger partial charge in [0.1, 0.15) is 5.03 Å². The SMILES string of the molecule is Cc1cc(C)c(C(=O)O)c(SCc2ccncc2)n1. The molecule has 0 aliphatic rings. The summed E-state index contributed by atoms with van der Waals surface area (Å²) >= 11 is 1.44. The summed E-state index contributed by atoms with van der Waals surface area (Å²) in [5.41, 5.74) is 2.97. The molecule has 19 heavy (non-hydrogen) atoms. The summed E-state index contributed by atoms with van der Waals surface area (Å²) in [5, 5.41) is 9.84. The number of carboxylic acid groups (broad SMARTS) is 1. The van der Waals surface area contributed by atoms with Crippen molar-refractivity contribution in [2.45, 2.75) is 24.6 Å². The van der Waals surface area contributed by atoms with Crippen LogP contribution in [0, 0.1) is 13.8 Å². The number of aryl methyl sites for hydroxylation is 2. The first-order chi connectivity index (χ1) is 9.08. The van der Waals surface area contributed by atoms with Crippen LogP contribution in [-0.4, -0.2) is 21.0 Å². The van der Waals surface area contributed by atoms with Gasteiger partial charge in [0, 0.05) is 23.8 Å². The summed E-state index contributed by atoms with van der Waals surface area (Å²) in [6, 6.07) is 5.62. The van der Waals surface area contributed by atoms with Crippen LogP contribution in [0.25, 0.3) is 0 Å². The Hall–Kier alpha value is -1.88. The van der Waals surface area contributed by atoms with Gasteiger partial charge >= 0.3 is 5.97 Å². The van der Waals surface area contributed by atoms with Gasteiger partial charge in [-0.25, -0.2) is 9.78 Å². The van der Waals surface area contributed by atoms with Gasteiger partial charge in [-0.15, -0.1) is 11.8 Å². The summed E-state index contributed by atoms with van der Waals surface area (Å²) < 4.78 is 0. The fourth-order valence-corrected chi connectivity index (χ4v) is 2.89. The van der Waals surface area contributed by atoms with Crippen molar-refractivity contribution in [3.05, 3.63) is 53.0 Å². The van der Waals surface area contributed by atoms with Crippen LogP contribution in [0.3, 0.4) is 0 Å². The molecule has 1 N–H and O–H groups in total. The van der Waals surface area contributed by atoms with E-state index < -0.39 is 5.97 Å². The van der Waals surface area contributed by atoms with Gasteiger partial charge in [0.15, 0.2) is 0 Å². The lowest BCUT2D eigenvalue weighted by atomic mass is 10.1. The van der Waals surface area contributed by atoms with E-state index in [0.29, 0.717) is 16.3 Å². The Balaban J connectivity index is 2.27. The summed E-state index contributed by atoms with van der Waals surface area (Å²) in [5.74, 6) is -0.249. The summed E-state index contributed by atoms with van der Waals surface area (Å²) in [4.78, 5) is 19.6. The highest BCUT2D eigenvalue weighted by atomic mass is 32.2. The summed E-state index contributed by atoms with van der Waals surface area (Å²) in [6.07, 6.45) is 3.45. The zero-order chi connectivity index (χ0) is 13.8. The summed E-state index contributed by atoms with van der Waals surface area (Å²) in [6.45, 7) is 3.67. The number of thioether (sulfide) groups is 1. The van der Waals surface area contributed by atoms with Crippen LogP contribution in [0.1, 0.15) is 27.2 Å². The number of rotatable bonds is 4. The largest absolute Gasteiger partial charge is 0.478 e. The van der Waals surface area contributed by atoms with E-state index in [-0.39, 0.29) is 0 Å². The topological polar surface area (TPSA) is 63.1 Å². The number of hydrogen-bond acceptors (Lipinski definition) is 4. The minimum Gasteiger partial charge on any atom is -0.478 e. The molecule has 2 heterocycles. The minimum absolute atomic E-state index is 0.296. The number of aromatic nitrogens is 2. The molecule has 2 aromatic rings. The Morgan fingerprint density at radius 2 is 2.00 bits per heavy atom. The standard InChI is InChI=1S/C14H14N2O2S/c1-9-7-10(2)16-13(12(9)14(17)18)19-8-11-3-5-15-6-4-11/h3-7H,8H2,1-2H3,(H,17,18). The molecule has 2 rings (SSSR count). The monoisotopic (exact) mass is 274 g/mol. The molecule has 0 spiro atoms. The maximum Gasteiger partial charge on any atom is 0.338 e. The zero-order valence-corrected chi connectivity index (χ0v) is 11.6. The molecular weight excluding hydrogens is 260 g/mol. The molecule has 0 aliphatic carbocycles. The van der Waals surface area contributed by atoms with Crippen LogP contribution >= 0.6 is 11.8 Å². The summed E-state index contributed by atoms with van der Waals surface area (Å²) in [7, 11) is 0. The van der Waals surface area contributed by atoms with E-state index in [0.717, 1.165) is 16.8 Å². The van der Waals surface area contributed by atoms with Crippen molar-refractivity contribution in [2.75, 3.05) is 0 Å². The second-order valence-corrected chi connectivity index (χ2v) is 5.17. The number of hydrogen-bond donors (Lipinski definition) is 1. The van der Waals surface area contributed by atoms with Crippen molar-refractivity contribution in [3.63, 3.8) is 0 Å². The Morgan fingerprint density at radius 3 is 2.63 bits per heavy atom. The predicted octanol–water partition coefficient (Wildman–Crippen LogP) is 3.08. The van der Waals surface area contributed by atoms with Crippen LogP contribution in [-0.2, 0) is 5.75 Å². The minimum atomic E-state index is -0.928. The van der Waals surface area contributed by atoms with Crippen molar-refractivity contribution >= 4 is 17.7 Å². The molecule has 0 saturated carbocycles. The zero-order valence-electron chi connectivity index (χ0n) is 10.8. The Bertz CT molecular complexity index is 600. The maximum atomic E-state index is 11.3. The maximum absolute atomic E-state index is 11.3. The van der Waals surface area contributed by atoms with E-state index in [1.165, 1.54) is 11.8 Å². The molecule has 0 atom stereocenters. The van der Waals surface area contributed by atoms with Crippen molar-refractivity contribution < 1.29 is 9.90 Å². The van der Waals surface area contributed by atoms with Gasteiger partial charge in [-0.1, -0.05) is 0 Å². The highest BCUT2D eigenvalue weighted by Crippen LogP contribution is 2.27. The lowest BCUT2D eigenvalue weighted by Crippen LogP contribution is -2.05. The normalized spacial score (nSPS) is 10.4. The quantitative estimate of drug-likeness (QED) is 0.868. The second-order valence-electron chi connectivity index (χ2n) is 4.21. The first kappa shape index (κ1) is 13.5. The molecule has 0 aromatic carbocycles. The molecule has 4 nitrogen and oxygen atoms in total. The number of carbonyl (C=O) groups is 1. The van der Waals surface area contributed by atoms with Gasteiger partial charge in [0.25, 0.3) is 0 Å². The van der Waals surface area contributed by atoms with Gasteiger partial charge in [0.2, 0.25) is 0 Å². The lowest BCUT2D eigenvalue weighted by molar-refractivity contribution is 0.0691. The van der Waals surface area contributed by atoms with E-state index in [4.69, 9.17) is 0 Å². The van der Waals surface area contributed by atoms with Gasteiger partial charge in [-0.2, -0.15) is 0 Å². The van der Waals surface area contributed by atoms with Crippen molar-refractivity contribution in [3.8, 4) is 0 Å². The van der Waals surface area contributed by atoms with E-state index in [1.54, 1.807) is 25.4 Å². The van der Waals surface area contributed by atoms with Crippen molar-refractivity contribution in [1.29, 1.82) is 0 Å². The lowest BCUT2D eigenvalue weighted by Gasteiger charge is -2.09. The molecule has 0 amide bonds. The fourth-order valence-electron chi connectivity index (χ4n) is 1.80. The molecule has 0 fully saturated rings. The van der Waals surface area contributed by atoms with Crippen LogP contribution in [0.5, 0.6) is 0 Å². The molecule has 0 unspecified atom stereocenters. The molecule has 2 aromatic heterocycles.